The summed E-state index contributed by atoms with van der Waals surface area (Å²) in [6.45, 7) is 8.67. The lowest BCUT2D eigenvalue weighted by molar-refractivity contribution is 0.511. The molecule has 1 heterocycles. The van der Waals surface area contributed by atoms with Crippen molar-refractivity contribution in [2.75, 3.05) is 11.1 Å². The number of aromatic nitrogens is 1. The van der Waals surface area contributed by atoms with Crippen LogP contribution >= 0.6 is 0 Å². The first-order valence-corrected chi connectivity index (χ1v) is 6.86. The van der Waals surface area contributed by atoms with Gasteiger partial charge in [0.05, 0.1) is 0 Å². The topological polar surface area (TPSA) is 50.9 Å². The minimum atomic E-state index is 0.0783. The van der Waals surface area contributed by atoms with E-state index in [0.717, 1.165) is 40.7 Å². The smallest absolute Gasteiger partial charge is 0.0426 e. The molecule has 3 nitrogen and oxygen atoms in total. The van der Waals surface area contributed by atoms with Crippen molar-refractivity contribution >= 4 is 22.1 Å². The minimum Gasteiger partial charge on any atom is -0.398 e. The fourth-order valence-electron chi connectivity index (χ4n) is 2.53. The van der Waals surface area contributed by atoms with Gasteiger partial charge in [0.25, 0.3) is 0 Å². The fourth-order valence-corrected chi connectivity index (χ4v) is 2.53. The fraction of sp³-hybridized carbons (Fsp3) is 0.438. The molecule has 3 N–H and O–H groups in total. The average molecular weight is 257 g/mol. The van der Waals surface area contributed by atoms with Gasteiger partial charge in [-0.1, -0.05) is 13.3 Å². The zero-order valence-electron chi connectivity index (χ0n) is 12.2. The van der Waals surface area contributed by atoms with Crippen molar-refractivity contribution < 1.29 is 0 Å². The average Bonchev–Trinajstić information content (AvgIpc) is 2.32. The molecule has 0 bridgehead atoms. The van der Waals surface area contributed by atoms with Crippen LogP contribution in [-0.4, -0.2) is 10.5 Å². The van der Waals surface area contributed by atoms with Gasteiger partial charge >= 0.3 is 0 Å². The lowest BCUT2D eigenvalue weighted by Gasteiger charge is -2.28. The number of benzene rings is 1. The highest BCUT2D eigenvalue weighted by molar-refractivity contribution is 6.00. The van der Waals surface area contributed by atoms with Gasteiger partial charge in [0, 0.05) is 39.6 Å². The van der Waals surface area contributed by atoms with Gasteiger partial charge in [-0.25, -0.2) is 0 Å². The van der Waals surface area contributed by atoms with Gasteiger partial charge in [-0.05, 0) is 45.4 Å². The van der Waals surface area contributed by atoms with Gasteiger partial charge < -0.3 is 11.1 Å². The standard InChI is InChI=1S/C16H23N3/c1-5-8-16(3,4)19-15-7-6-14(17)13-10-18-11(2)9-12(13)15/h6-7,9-10,19H,5,8,17H2,1-4H3. The Morgan fingerprint density at radius 2 is 2.00 bits per heavy atom. The molecule has 0 aliphatic carbocycles. The number of nitrogens with one attached hydrogen (secondary N) is 1. The molecular weight excluding hydrogens is 234 g/mol. The van der Waals surface area contributed by atoms with Crippen LogP contribution in [0.1, 0.15) is 39.3 Å². The number of fused-ring (bicyclic) bond motifs is 1. The second kappa shape index (κ2) is 5.08. The molecule has 2 rings (SSSR count). The van der Waals surface area contributed by atoms with Gasteiger partial charge in [0.15, 0.2) is 0 Å². The molecule has 0 unspecified atom stereocenters. The zero-order valence-corrected chi connectivity index (χ0v) is 12.2. The number of hydrogen-bond donors (Lipinski definition) is 2. The number of hydrogen-bond acceptors (Lipinski definition) is 3. The van der Waals surface area contributed by atoms with Crippen LogP contribution in [0.4, 0.5) is 11.4 Å². The van der Waals surface area contributed by atoms with Crippen LogP contribution in [0.15, 0.2) is 24.4 Å². The zero-order chi connectivity index (χ0) is 14.0. The molecule has 0 atom stereocenters. The summed E-state index contributed by atoms with van der Waals surface area (Å²) in [6, 6.07) is 6.11. The Morgan fingerprint density at radius 3 is 2.68 bits per heavy atom. The third-order valence-electron chi connectivity index (χ3n) is 3.42. The Hall–Kier alpha value is -1.77. The molecule has 0 radical (unpaired) electrons. The van der Waals surface area contributed by atoms with E-state index in [1.807, 2.05) is 19.2 Å². The molecule has 3 heteroatoms. The summed E-state index contributed by atoms with van der Waals surface area (Å²) in [5.74, 6) is 0. The molecule has 102 valence electrons. The van der Waals surface area contributed by atoms with Gasteiger partial charge in [0.2, 0.25) is 0 Å². The maximum atomic E-state index is 6.03. The van der Waals surface area contributed by atoms with Gasteiger partial charge in [-0.3, -0.25) is 4.98 Å². The Labute approximate surface area is 115 Å². The Morgan fingerprint density at radius 1 is 1.26 bits per heavy atom. The summed E-state index contributed by atoms with van der Waals surface area (Å²) in [4.78, 5) is 4.33. The molecule has 0 saturated heterocycles. The molecule has 0 spiro atoms. The van der Waals surface area contributed by atoms with Crippen molar-refractivity contribution in [3.63, 3.8) is 0 Å². The molecule has 1 aromatic carbocycles. The van der Waals surface area contributed by atoms with E-state index in [-0.39, 0.29) is 5.54 Å². The summed E-state index contributed by atoms with van der Waals surface area (Å²) in [5, 5.41) is 5.80. The number of nitrogens with two attached hydrogens (primary N) is 1. The summed E-state index contributed by atoms with van der Waals surface area (Å²) >= 11 is 0. The molecule has 0 aliphatic heterocycles. The van der Waals surface area contributed by atoms with Crippen LogP contribution in [0.5, 0.6) is 0 Å². The molecule has 2 aromatic rings. The van der Waals surface area contributed by atoms with Crippen LogP contribution in [0, 0.1) is 6.92 Å². The highest BCUT2D eigenvalue weighted by Gasteiger charge is 2.17. The number of rotatable bonds is 4. The SMILES string of the molecule is CCCC(C)(C)Nc1ccc(N)c2cnc(C)cc12. The largest absolute Gasteiger partial charge is 0.398 e. The maximum absolute atomic E-state index is 6.03. The van der Waals surface area contributed by atoms with Gasteiger partial charge in [-0.2, -0.15) is 0 Å². The number of pyridine rings is 1. The van der Waals surface area contributed by atoms with Crippen LogP contribution in [-0.2, 0) is 0 Å². The molecule has 0 aliphatic rings. The van der Waals surface area contributed by atoms with Crippen molar-refractivity contribution in [3.05, 3.63) is 30.1 Å². The number of anilines is 2. The summed E-state index contributed by atoms with van der Waals surface area (Å²) in [7, 11) is 0. The lowest BCUT2D eigenvalue weighted by atomic mass is 9.97. The highest BCUT2D eigenvalue weighted by atomic mass is 15.0. The third-order valence-corrected chi connectivity index (χ3v) is 3.42. The van der Waals surface area contributed by atoms with Crippen molar-refractivity contribution in [3.8, 4) is 0 Å². The monoisotopic (exact) mass is 257 g/mol. The predicted molar refractivity (Wildman–Crippen MR) is 83.5 cm³/mol. The number of nitrogens with zero attached hydrogens (tertiary/aromatic N) is 1. The molecule has 0 fully saturated rings. The van der Waals surface area contributed by atoms with E-state index in [4.69, 9.17) is 5.73 Å². The number of aryl methyl sites for hydroxylation is 1. The van der Waals surface area contributed by atoms with Crippen LogP contribution in [0.3, 0.4) is 0 Å². The summed E-state index contributed by atoms with van der Waals surface area (Å²) in [6.07, 6.45) is 4.15. The Balaban J connectivity index is 2.49. The normalized spacial score (nSPS) is 11.8. The van der Waals surface area contributed by atoms with Crippen LogP contribution < -0.4 is 11.1 Å². The van der Waals surface area contributed by atoms with E-state index >= 15 is 0 Å². The molecular formula is C16H23N3. The predicted octanol–water partition coefficient (Wildman–Crippen LogP) is 4.12. The van der Waals surface area contributed by atoms with Crippen molar-refractivity contribution in [2.24, 2.45) is 0 Å². The van der Waals surface area contributed by atoms with Crippen LogP contribution in [0.2, 0.25) is 0 Å². The Bertz CT molecular complexity index is 588. The quantitative estimate of drug-likeness (QED) is 0.810. The minimum absolute atomic E-state index is 0.0783. The first-order valence-electron chi connectivity index (χ1n) is 6.86. The molecule has 1 aromatic heterocycles. The first kappa shape index (κ1) is 13.7. The van der Waals surface area contributed by atoms with Crippen molar-refractivity contribution in [2.45, 2.75) is 46.1 Å². The van der Waals surface area contributed by atoms with Crippen LogP contribution in [0.25, 0.3) is 10.8 Å². The highest BCUT2D eigenvalue weighted by Crippen LogP contribution is 2.31. The lowest BCUT2D eigenvalue weighted by Crippen LogP contribution is -2.30. The second-order valence-corrected chi connectivity index (χ2v) is 5.83. The van der Waals surface area contributed by atoms with E-state index in [1.165, 1.54) is 0 Å². The summed E-state index contributed by atoms with van der Waals surface area (Å²) in [5.41, 5.74) is 9.03. The molecule has 0 saturated carbocycles. The van der Waals surface area contributed by atoms with E-state index in [1.54, 1.807) is 0 Å². The van der Waals surface area contributed by atoms with E-state index < -0.39 is 0 Å². The van der Waals surface area contributed by atoms with E-state index in [2.05, 4.69) is 43.2 Å². The Kier molecular flexibility index (Phi) is 3.65. The molecule has 19 heavy (non-hydrogen) atoms. The maximum Gasteiger partial charge on any atom is 0.0426 e. The first-order chi connectivity index (χ1) is 8.93. The second-order valence-electron chi connectivity index (χ2n) is 5.83. The summed E-state index contributed by atoms with van der Waals surface area (Å²) < 4.78 is 0. The van der Waals surface area contributed by atoms with E-state index in [9.17, 15) is 0 Å². The van der Waals surface area contributed by atoms with Gasteiger partial charge in [-0.15, -0.1) is 0 Å². The van der Waals surface area contributed by atoms with Crippen molar-refractivity contribution in [1.29, 1.82) is 0 Å². The van der Waals surface area contributed by atoms with Crippen molar-refractivity contribution in [1.82, 2.24) is 4.98 Å². The van der Waals surface area contributed by atoms with E-state index in [0.29, 0.717) is 0 Å². The van der Waals surface area contributed by atoms with Gasteiger partial charge in [0.1, 0.15) is 0 Å². The third kappa shape index (κ3) is 2.98. The number of nitrogen functional groups attached to an aromatic ring is 1. The molecule has 0 amide bonds.